The largest absolute Gasteiger partial charge is 0.508 e. The summed E-state index contributed by atoms with van der Waals surface area (Å²) in [7, 11) is 1.53. The molecule has 2 rings (SSSR count). The molecule has 1 aromatic heterocycles. The number of phenols is 1. The lowest BCUT2D eigenvalue weighted by Crippen LogP contribution is -2.11. The van der Waals surface area contributed by atoms with E-state index in [-0.39, 0.29) is 18.2 Å². The SMILES string of the molecule is COCc1cc(NN)nc(-c2cc(O)cc(F)c2)n1. The van der Waals surface area contributed by atoms with Crippen LogP contribution in [0.25, 0.3) is 11.4 Å². The Morgan fingerprint density at radius 2 is 2.11 bits per heavy atom. The highest BCUT2D eigenvalue weighted by Gasteiger charge is 2.09. The summed E-state index contributed by atoms with van der Waals surface area (Å²) in [6.07, 6.45) is 0. The zero-order valence-corrected chi connectivity index (χ0v) is 10.2. The maximum absolute atomic E-state index is 13.3. The Kier molecular flexibility index (Phi) is 3.88. The van der Waals surface area contributed by atoms with Crippen molar-refractivity contribution in [2.24, 2.45) is 5.84 Å². The molecule has 0 amide bonds. The third-order valence-corrected chi connectivity index (χ3v) is 2.36. The van der Waals surface area contributed by atoms with Crippen molar-refractivity contribution in [1.29, 1.82) is 0 Å². The van der Waals surface area contributed by atoms with E-state index in [0.29, 0.717) is 17.1 Å². The third-order valence-electron chi connectivity index (χ3n) is 2.36. The summed E-state index contributed by atoms with van der Waals surface area (Å²) in [5, 5.41) is 9.39. The maximum Gasteiger partial charge on any atom is 0.162 e. The van der Waals surface area contributed by atoms with E-state index < -0.39 is 5.82 Å². The number of phenolic OH excluding ortho intramolecular Hbond substituents is 1. The van der Waals surface area contributed by atoms with Crippen LogP contribution in [-0.4, -0.2) is 22.2 Å². The fourth-order valence-electron chi connectivity index (χ4n) is 1.63. The van der Waals surface area contributed by atoms with Gasteiger partial charge in [0.1, 0.15) is 17.4 Å². The van der Waals surface area contributed by atoms with E-state index in [1.54, 1.807) is 6.07 Å². The number of aromatic hydroxyl groups is 1. The summed E-state index contributed by atoms with van der Waals surface area (Å²) in [4.78, 5) is 8.32. The Hall–Kier alpha value is -2.25. The minimum atomic E-state index is -0.571. The van der Waals surface area contributed by atoms with Gasteiger partial charge in [-0.3, -0.25) is 0 Å². The van der Waals surface area contributed by atoms with Crippen LogP contribution in [0.2, 0.25) is 0 Å². The molecule has 0 aliphatic rings. The van der Waals surface area contributed by atoms with Crippen LogP contribution in [0.3, 0.4) is 0 Å². The Morgan fingerprint density at radius 1 is 1.32 bits per heavy atom. The number of rotatable bonds is 4. The molecule has 0 saturated heterocycles. The molecule has 1 heterocycles. The summed E-state index contributed by atoms with van der Waals surface area (Å²) >= 11 is 0. The molecule has 0 radical (unpaired) electrons. The Balaban J connectivity index is 2.50. The molecule has 2 aromatic rings. The second kappa shape index (κ2) is 5.59. The topological polar surface area (TPSA) is 93.3 Å². The number of hydrogen-bond donors (Lipinski definition) is 3. The molecule has 0 atom stereocenters. The monoisotopic (exact) mass is 264 g/mol. The van der Waals surface area contributed by atoms with Crippen LogP contribution in [-0.2, 0) is 11.3 Å². The Labute approximate surface area is 109 Å². The molecular weight excluding hydrogens is 251 g/mol. The molecule has 6 nitrogen and oxygen atoms in total. The average molecular weight is 264 g/mol. The molecular formula is C12H13FN4O2. The number of hydrogen-bond acceptors (Lipinski definition) is 6. The number of hydrazine groups is 1. The second-order valence-corrected chi connectivity index (χ2v) is 3.84. The predicted octanol–water partition coefficient (Wildman–Crippen LogP) is 1.42. The van der Waals surface area contributed by atoms with Gasteiger partial charge in [-0.2, -0.15) is 0 Å². The number of benzene rings is 1. The van der Waals surface area contributed by atoms with Gasteiger partial charge < -0.3 is 15.3 Å². The number of anilines is 1. The molecule has 0 aliphatic carbocycles. The number of aromatic nitrogens is 2. The van der Waals surface area contributed by atoms with Gasteiger partial charge in [0, 0.05) is 24.8 Å². The molecule has 7 heteroatoms. The van der Waals surface area contributed by atoms with Gasteiger partial charge in [-0.15, -0.1) is 0 Å². The molecule has 0 unspecified atom stereocenters. The fourth-order valence-corrected chi connectivity index (χ4v) is 1.63. The van der Waals surface area contributed by atoms with E-state index >= 15 is 0 Å². The van der Waals surface area contributed by atoms with Crippen LogP contribution >= 0.6 is 0 Å². The van der Waals surface area contributed by atoms with Crippen molar-refractivity contribution in [3.63, 3.8) is 0 Å². The van der Waals surface area contributed by atoms with Gasteiger partial charge in [-0.25, -0.2) is 20.2 Å². The number of nitrogens with two attached hydrogens (primary N) is 1. The summed E-state index contributed by atoms with van der Waals surface area (Å²) in [5.41, 5.74) is 3.34. The van der Waals surface area contributed by atoms with Gasteiger partial charge in [0.2, 0.25) is 0 Å². The van der Waals surface area contributed by atoms with E-state index in [4.69, 9.17) is 10.6 Å². The lowest BCUT2D eigenvalue weighted by atomic mass is 10.2. The normalized spacial score (nSPS) is 10.5. The van der Waals surface area contributed by atoms with Crippen molar-refractivity contribution < 1.29 is 14.2 Å². The molecule has 19 heavy (non-hydrogen) atoms. The first-order valence-electron chi connectivity index (χ1n) is 5.46. The van der Waals surface area contributed by atoms with Gasteiger partial charge in [-0.05, 0) is 12.1 Å². The van der Waals surface area contributed by atoms with Crippen LogP contribution in [0.4, 0.5) is 10.2 Å². The number of nitrogens with one attached hydrogen (secondary N) is 1. The zero-order chi connectivity index (χ0) is 13.8. The van der Waals surface area contributed by atoms with E-state index in [1.165, 1.54) is 19.2 Å². The van der Waals surface area contributed by atoms with Crippen LogP contribution in [0.15, 0.2) is 24.3 Å². The number of ether oxygens (including phenoxy) is 1. The quantitative estimate of drug-likeness (QED) is 0.571. The number of nitrogen functional groups attached to an aromatic ring is 1. The lowest BCUT2D eigenvalue weighted by molar-refractivity contribution is 0.181. The van der Waals surface area contributed by atoms with Crippen LogP contribution in [0.5, 0.6) is 5.75 Å². The van der Waals surface area contributed by atoms with E-state index in [1.807, 2.05) is 0 Å². The van der Waals surface area contributed by atoms with Crippen molar-refractivity contribution in [1.82, 2.24) is 9.97 Å². The summed E-state index contributed by atoms with van der Waals surface area (Å²) in [6, 6.07) is 5.22. The summed E-state index contributed by atoms with van der Waals surface area (Å²) in [5.74, 6) is 5.17. The van der Waals surface area contributed by atoms with Gasteiger partial charge in [0.05, 0.1) is 12.3 Å². The van der Waals surface area contributed by atoms with Gasteiger partial charge in [-0.1, -0.05) is 0 Å². The first-order chi connectivity index (χ1) is 9.12. The second-order valence-electron chi connectivity index (χ2n) is 3.84. The highest BCUT2D eigenvalue weighted by Crippen LogP contribution is 2.23. The molecule has 0 spiro atoms. The fraction of sp³-hybridized carbons (Fsp3) is 0.167. The van der Waals surface area contributed by atoms with E-state index in [2.05, 4.69) is 15.4 Å². The van der Waals surface area contributed by atoms with Crippen molar-refractivity contribution in [2.75, 3.05) is 12.5 Å². The maximum atomic E-state index is 13.3. The highest BCUT2D eigenvalue weighted by molar-refractivity contribution is 5.59. The van der Waals surface area contributed by atoms with Gasteiger partial charge in [0.15, 0.2) is 5.82 Å². The minimum absolute atomic E-state index is 0.196. The standard InChI is InChI=1S/C12H13FN4O2/c1-19-6-9-5-11(17-14)16-12(15-9)7-2-8(13)4-10(18)3-7/h2-5,18H,6,14H2,1H3,(H,15,16,17). The predicted molar refractivity (Wildman–Crippen MR) is 67.6 cm³/mol. The molecule has 0 saturated carbocycles. The van der Waals surface area contributed by atoms with Crippen molar-refractivity contribution >= 4 is 5.82 Å². The van der Waals surface area contributed by atoms with E-state index in [9.17, 15) is 9.50 Å². The molecule has 1 aromatic carbocycles. The first kappa shape index (κ1) is 13.2. The summed E-state index contributed by atoms with van der Waals surface area (Å²) < 4.78 is 18.2. The van der Waals surface area contributed by atoms with Gasteiger partial charge >= 0.3 is 0 Å². The number of halogens is 1. The average Bonchev–Trinajstić information content (AvgIpc) is 2.37. The van der Waals surface area contributed by atoms with Crippen molar-refractivity contribution in [3.8, 4) is 17.1 Å². The Morgan fingerprint density at radius 3 is 2.74 bits per heavy atom. The van der Waals surface area contributed by atoms with Crippen LogP contribution < -0.4 is 11.3 Å². The molecule has 0 bridgehead atoms. The molecule has 100 valence electrons. The Bertz CT molecular complexity index is 572. The van der Waals surface area contributed by atoms with Crippen molar-refractivity contribution in [3.05, 3.63) is 35.8 Å². The molecule has 4 N–H and O–H groups in total. The van der Waals surface area contributed by atoms with Crippen LogP contribution in [0, 0.1) is 5.82 Å². The smallest absolute Gasteiger partial charge is 0.162 e. The highest BCUT2D eigenvalue weighted by atomic mass is 19.1. The third kappa shape index (κ3) is 3.15. The van der Waals surface area contributed by atoms with Crippen molar-refractivity contribution in [2.45, 2.75) is 6.61 Å². The van der Waals surface area contributed by atoms with E-state index in [0.717, 1.165) is 6.07 Å². The lowest BCUT2D eigenvalue weighted by Gasteiger charge is -2.07. The summed E-state index contributed by atoms with van der Waals surface area (Å²) in [6.45, 7) is 0.269. The van der Waals surface area contributed by atoms with Gasteiger partial charge in [0.25, 0.3) is 0 Å². The molecule has 0 fully saturated rings. The van der Waals surface area contributed by atoms with Crippen LogP contribution in [0.1, 0.15) is 5.69 Å². The zero-order valence-electron chi connectivity index (χ0n) is 10.2. The minimum Gasteiger partial charge on any atom is -0.508 e. The number of methoxy groups -OCH3 is 1. The number of nitrogens with zero attached hydrogens (tertiary/aromatic N) is 2. The molecule has 0 aliphatic heterocycles. The first-order valence-corrected chi connectivity index (χ1v) is 5.46.